The molecule has 1 unspecified atom stereocenters. The second-order valence-corrected chi connectivity index (χ2v) is 3.89. The van der Waals surface area contributed by atoms with Gasteiger partial charge in [-0.1, -0.05) is 13.8 Å². The maximum Gasteiger partial charge on any atom is 0.326 e. The fourth-order valence-corrected chi connectivity index (χ4v) is 1.29. The average molecular weight is 240 g/mol. The topological polar surface area (TPSA) is 79.3 Å². The fraction of sp³-hybridized carbons (Fsp3) is 0.364. The van der Waals surface area contributed by atoms with Crippen LogP contribution in [0.5, 0.6) is 0 Å². The Labute approximate surface area is 97.7 Å². The smallest absolute Gasteiger partial charge is 0.326 e. The first kappa shape index (κ1) is 13.1. The number of nitrogens with zero attached hydrogens (tertiary/aromatic N) is 1. The van der Waals surface area contributed by atoms with Gasteiger partial charge >= 0.3 is 5.97 Å². The second-order valence-electron chi connectivity index (χ2n) is 3.89. The van der Waals surface area contributed by atoms with E-state index in [1.165, 1.54) is 12.3 Å². The van der Waals surface area contributed by atoms with Crippen LogP contribution in [-0.2, 0) is 4.79 Å². The molecule has 0 radical (unpaired) electrons. The Morgan fingerprint density at radius 3 is 2.59 bits per heavy atom. The number of nitrogens with one attached hydrogen (secondary N) is 1. The average Bonchev–Trinajstić information content (AvgIpc) is 2.25. The highest BCUT2D eigenvalue weighted by Gasteiger charge is 2.24. The summed E-state index contributed by atoms with van der Waals surface area (Å²) in [5.74, 6) is -2.98. The van der Waals surface area contributed by atoms with Gasteiger partial charge in [0.25, 0.3) is 5.91 Å². The lowest BCUT2D eigenvalue weighted by molar-refractivity contribution is -0.140. The van der Waals surface area contributed by atoms with E-state index in [9.17, 15) is 14.0 Å². The highest BCUT2D eigenvalue weighted by Crippen LogP contribution is 2.07. The number of hydrogen-bond donors (Lipinski definition) is 2. The van der Waals surface area contributed by atoms with Crippen molar-refractivity contribution in [3.63, 3.8) is 0 Å². The number of carbonyl (C=O) groups is 2. The number of hydrogen-bond acceptors (Lipinski definition) is 3. The molecule has 1 rings (SSSR count). The van der Waals surface area contributed by atoms with Crippen molar-refractivity contribution in [3.8, 4) is 0 Å². The van der Waals surface area contributed by atoms with Crippen LogP contribution in [0.25, 0.3) is 0 Å². The summed E-state index contributed by atoms with van der Waals surface area (Å²) in [6.45, 7) is 3.31. The zero-order valence-electron chi connectivity index (χ0n) is 9.48. The number of aromatic nitrogens is 1. The van der Waals surface area contributed by atoms with Gasteiger partial charge in [-0.2, -0.15) is 0 Å². The molecule has 5 nitrogen and oxygen atoms in total. The third-order valence-corrected chi connectivity index (χ3v) is 2.24. The molecule has 0 saturated heterocycles. The van der Waals surface area contributed by atoms with Crippen molar-refractivity contribution >= 4 is 11.9 Å². The number of aliphatic carboxylic acids is 1. The summed E-state index contributed by atoms with van der Waals surface area (Å²) in [5, 5.41) is 11.2. The molecule has 0 aliphatic heterocycles. The molecular formula is C11H13FN2O3. The van der Waals surface area contributed by atoms with Crippen LogP contribution in [0.2, 0.25) is 0 Å². The minimum Gasteiger partial charge on any atom is -0.480 e. The summed E-state index contributed by atoms with van der Waals surface area (Å²) in [7, 11) is 0. The van der Waals surface area contributed by atoms with E-state index in [1.807, 2.05) is 0 Å². The SMILES string of the molecule is CC(C)C(NC(=O)c1ccncc1F)C(=O)O. The number of carboxylic acid groups (broad SMARTS) is 1. The molecule has 0 aliphatic rings. The van der Waals surface area contributed by atoms with Crippen LogP contribution in [-0.4, -0.2) is 28.0 Å². The van der Waals surface area contributed by atoms with E-state index in [4.69, 9.17) is 5.11 Å². The van der Waals surface area contributed by atoms with Gasteiger partial charge < -0.3 is 10.4 Å². The molecule has 0 fully saturated rings. The first-order valence-corrected chi connectivity index (χ1v) is 5.06. The van der Waals surface area contributed by atoms with Crippen molar-refractivity contribution in [1.82, 2.24) is 10.3 Å². The zero-order chi connectivity index (χ0) is 13.0. The van der Waals surface area contributed by atoms with E-state index in [1.54, 1.807) is 13.8 Å². The minimum absolute atomic E-state index is 0.216. The van der Waals surface area contributed by atoms with E-state index in [2.05, 4.69) is 10.3 Å². The Balaban J connectivity index is 2.85. The molecule has 6 heteroatoms. The van der Waals surface area contributed by atoms with Crippen LogP contribution in [0.1, 0.15) is 24.2 Å². The molecule has 1 aromatic heterocycles. The van der Waals surface area contributed by atoms with Crippen molar-refractivity contribution in [2.45, 2.75) is 19.9 Å². The Morgan fingerprint density at radius 1 is 1.47 bits per heavy atom. The van der Waals surface area contributed by atoms with Gasteiger partial charge in [0.1, 0.15) is 6.04 Å². The van der Waals surface area contributed by atoms with Crippen LogP contribution in [0, 0.1) is 11.7 Å². The summed E-state index contributed by atoms with van der Waals surface area (Å²) in [4.78, 5) is 26.0. The minimum atomic E-state index is -1.15. The van der Waals surface area contributed by atoms with Crippen molar-refractivity contribution in [3.05, 3.63) is 29.8 Å². The summed E-state index contributed by atoms with van der Waals surface area (Å²) in [6, 6.07) is 0.152. The molecule has 1 atom stereocenters. The van der Waals surface area contributed by atoms with Gasteiger partial charge in [0.15, 0.2) is 5.82 Å². The van der Waals surface area contributed by atoms with E-state index < -0.39 is 23.7 Å². The molecule has 2 N–H and O–H groups in total. The predicted molar refractivity (Wildman–Crippen MR) is 57.9 cm³/mol. The molecule has 0 saturated carbocycles. The van der Waals surface area contributed by atoms with Crippen molar-refractivity contribution in [2.75, 3.05) is 0 Å². The molecule has 17 heavy (non-hydrogen) atoms. The van der Waals surface area contributed by atoms with Gasteiger partial charge in [0.05, 0.1) is 11.8 Å². The number of carbonyl (C=O) groups excluding carboxylic acids is 1. The quantitative estimate of drug-likeness (QED) is 0.824. The van der Waals surface area contributed by atoms with E-state index in [0.717, 1.165) is 6.20 Å². The second kappa shape index (κ2) is 5.38. The van der Waals surface area contributed by atoms with E-state index in [-0.39, 0.29) is 11.5 Å². The third-order valence-electron chi connectivity index (χ3n) is 2.24. The normalized spacial score (nSPS) is 12.2. The summed E-state index contributed by atoms with van der Waals surface area (Å²) >= 11 is 0. The third kappa shape index (κ3) is 3.24. The summed E-state index contributed by atoms with van der Waals surface area (Å²) in [6.07, 6.45) is 2.17. The molecule has 0 bridgehead atoms. The lowest BCUT2D eigenvalue weighted by Gasteiger charge is -2.17. The van der Waals surface area contributed by atoms with Crippen LogP contribution in [0.15, 0.2) is 18.5 Å². The van der Waals surface area contributed by atoms with E-state index >= 15 is 0 Å². The van der Waals surface area contributed by atoms with Gasteiger partial charge in [0, 0.05) is 6.20 Å². The fourth-order valence-electron chi connectivity index (χ4n) is 1.29. The summed E-state index contributed by atoms with van der Waals surface area (Å²) in [5.41, 5.74) is -0.216. The van der Waals surface area contributed by atoms with Crippen molar-refractivity contribution in [1.29, 1.82) is 0 Å². The maximum atomic E-state index is 13.2. The van der Waals surface area contributed by atoms with Crippen LogP contribution in [0.4, 0.5) is 4.39 Å². The number of amides is 1. The molecule has 0 spiro atoms. The van der Waals surface area contributed by atoms with Gasteiger partial charge in [-0.3, -0.25) is 9.78 Å². The van der Waals surface area contributed by atoms with Crippen molar-refractivity contribution in [2.24, 2.45) is 5.92 Å². The van der Waals surface area contributed by atoms with Crippen LogP contribution < -0.4 is 5.32 Å². The molecule has 92 valence electrons. The Morgan fingerprint density at radius 2 is 2.12 bits per heavy atom. The van der Waals surface area contributed by atoms with Gasteiger partial charge in [0.2, 0.25) is 0 Å². The van der Waals surface area contributed by atoms with Crippen LogP contribution >= 0.6 is 0 Å². The Bertz CT molecular complexity index is 434. The first-order valence-electron chi connectivity index (χ1n) is 5.06. The number of pyridine rings is 1. The highest BCUT2D eigenvalue weighted by atomic mass is 19.1. The molecular weight excluding hydrogens is 227 g/mol. The van der Waals surface area contributed by atoms with E-state index in [0.29, 0.717) is 0 Å². The highest BCUT2D eigenvalue weighted by molar-refractivity contribution is 5.96. The maximum absolute atomic E-state index is 13.2. The molecule has 1 amide bonds. The summed E-state index contributed by atoms with van der Waals surface area (Å²) < 4.78 is 13.2. The predicted octanol–water partition coefficient (Wildman–Crippen LogP) is 1.06. The molecule has 0 aliphatic carbocycles. The first-order chi connectivity index (χ1) is 7.93. The van der Waals surface area contributed by atoms with Crippen molar-refractivity contribution < 1.29 is 19.1 Å². The number of halogens is 1. The zero-order valence-corrected chi connectivity index (χ0v) is 9.48. The number of rotatable bonds is 4. The van der Waals surface area contributed by atoms with Gasteiger partial charge in [-0.15, -0.1) is 0 Å². The van der Waals surface area contributed by atoms with Gasteiger partial charge in [-0.05, 0) is 12.0 Å². The monoisotopic (exact) mass is 240 g/mol. The lowest BCUT2D eigenvalue weighted by atomic mass is 10.0. The molecule has 0 aromatic carbocycles. The Kier molecular flexibility index (Phi) is 4.14. The number of carboxylic acids is 1. The van der Waals surface area contributed by atoms with Crippen LogP contribution in [0.3, 0.4) is 0 Å². The molecule has 1 heterocycles. The van der Waals surface area contributed by atoms with Gasteiger partial charge in [-0.25, -0.2) is 9.18 Å². The lowest BCUT2D eigenvalue weighted by Crippen LogP contribution is -2.44. The molecule has 1 aromatic rings. The Hall–Kier alpha value is -1.98. The standard InChI is InChI=1S/C11H13FN2O3/c1-6(2)9(11(16)17)14-10(15)7-3-4-13-5-8(7)12/h3-6,9H,1-2H3,(H,14,15)(H,16,17). The largest absolute Gasteiger partial charge is 0.480 e.